The van der Waals surface area contributed by atoms with Crippen LogP contribution in [-0.2, 0) is 4.79 Å². The van der Waals surface area contributed by atoms with Gasteiger partial charge in [0.15, 0.2) is 0 Å². The van der Waals surface area contributed by atoms with Gasteiger partial charge in [0, 0.05) is 63.5 Å². The van der Waals surface area contributed by atoms with E-state index in [-0.39, 0.29) is 11.8 Å². The van der Waals surface area contributed by atoms with Crippen molar-refractivity contribution in [3.63, 3.8) is 0 Å². The third-order valence-electron chi connectivity index (χ3n) is 4.42. The lowest BCUT2D eigenvalue weighted by Crippen LogP contribution is -2.46. The highest BCUT2D eigenvalue weighted by atomic mass is 16.2. The predicted octanol–water partition coefficient (Wildman–Crippen LogP) is 0.448. The fourth-order valence-corrected chi connectivity index (χ4v) is 3.10. The van der Waals surface area contributed by atoms with Gasteiger partial charge in [-0.15, -0.1) is 0 Å². The standard InChI is InChI=1S/C17H24N4O2/c22-16-5-2-9-21(16)15-4-1-3-14(13-15)17(23)19-8-12-20-10-6-18-7-11-20/h1,3-4,13,18H,2,5-12H2,(H,19,23). The van der Waals surface area contributed by atoms with E-state index in [1.165, 1.54) is 0 Å². The third-order valence-corrected chi connectivity index (χ3v) is 4.42. The Balaban J connectivity index is 1.53. The van der Waals surface area contributed by atoms with Crippen molar-refractivity contribution in [1.82, 2.24) is 15.5 Å². The number of anilines is 1. The first-order valence-electron chi connectivity index (χ1n) is 8.36. The van der Waals surface area contributed by atoms with Crippen LogP contribution in [0, 0.1) is 0 Å². The van der Waals surface area contributed by atoms with Crippen LogP contribution in [0.3, 0.4) is 0 Å². The molecule has 124 valence electrons. The fraction of sp³-hybridized carbons (Fsp3) is 0.529. The lowest BCUT2D eigenvalue weighted by atomic mass is 10.1. The van der Waals surface area contributed by atoms with Crippen LogP contribution in [0.15, 0.2) is 24.3 Å². The summed E-state index contributed by atoms with van der Waals surface area (Å²) in [4.78, 5) is 28.2. The maximum Gasteiger partial charge on any atom is 0.251 e. The molecule has 23 heavy (non-hydrogen) atoms. The Bertz CT molecular complexity index is 569. The molecule has 0 unspecified atom stereocenters. The van der Waals surface area contributed by atoms with Crippen LogP contribution in [0.5, 0.6) is 0 Å². The molecule has 0 aromatic heterocycles. The van der Waals surface area contributed by atoms with Crippen molar-refractivity contribution < 1.29 is 9.59 Å². The molecule has 2 fully saturated rings. The molecule has 0 aliphatic carbocycles. The Morgan fingerprint density at radius 2 is 2.04 bits per heavy atom. The highest BCUT2D eigenvalue weighted by Crippen LogP contribution is 2.22. The van der Waals surface area contributed by atoms with Gasteiger partial charge in [-0.1, -0.05) is 6.07 Å². The van der Waals surface area contributed by atoms with Gasteiger partial charge in [-0.25, -0.2) is 0 Å². The fourth-order valence-electron chi connectivity index (χ4n) is 3.10. The van der Waals surface area contributed by atoms with Crippen molar-refractivity contribution in [2.45, 2.75) is 12.8 Å². The van der Waals surface area contributed by atoms with E-state index in [1.54, 1.807) is 11.0 Å². The van der Waals surface area contributed by atoms with E-state index in [9.17, 15) is 9.59 Å². The Kier molecular flexibility index (Phi) is 5.25. The third kappa shape index (κ3) is 4.09. The minimum Gasteiger partial charge on any atom is -0.351 e. The van der Waals surface area contributed by atoms with Crippen molar-refractivity contribution in [3.8, 4) is 0 Å². The van der Waals surface area contributed by atoms with E-state index in [4.69, 9.17) is 0 Å². The normalized spacial score (nSPS) is 19.1. The summed E-state index contributed by atoms with van der Waals surface area (Å²) in [6, 6.07) is 7.33. The molecule has 2 N–H and O–H groups in total. The van der Waals surface area contributed by atoms with Gasteiger partial charge in [0.1, 0.15) is 0 Å². The van der Waals surface area contributed by atoms with Gasteiger partial charge >= 0.3 is 0 Å². The molecular formula is C17H24N4O2. The molecule has 0 radical (unpaired) electrons. The van der Waals surface area contributed by atoms with Crippen molar-refractivity contribution in [2.24, 2.45) is 0 Å². The zero-order valence-corrected chi connectivity index (χ0v) is 13.4. The molecular weight excluding hydrogens is 292 g/mol. The maximum absolute atomic E-state index is 12.3. The summed E-state index contributed by atoms with van der Waals surface area (Å²) in [6.07, 6.45) is 1.49. The smallest absolute Gasteiger partial charge is 0.251 e. The van der Waals surface area contributed by atoms with Crippen LogP contribution >= 0.6 is 0 Å². The molecule has 0 spiro atoms. The number of hydrogen-bond acceptors (Lipinski definition) is 4. The summed E-state index contributed by atoms with van der Waals surface area (Å²) in [5.74, 6) is 0.0647. The van der Waals surface area contributed by atoms with Gasteiger partial charge in [0.05, 0.1) is 0 Å². The van der Waals surface area contributed by atoms with E-state index in [0.717, 1.165) is 51.4 Å². The predicted molar refractivity (Wildman–Crippen MR) is 89.7 cm³/mol. The highest BCUT2D eigenvalue weighted by Gasteiger charge is 2.22. The zero-order valence-electron chi connectivity index (χ0n) is 13.4. The number of amides is 2. The summed E-state index contributed by atoms with van der Waals surface area (Å²) in [5.41, 5.74) is 1.43. The Hall–Kier alpha value is -1.92. The molecule has 6 nitrogen and oxygen atoms in total. The molecule has 1 aromatic rings. The number of benzene rings is 1. The number of hydrogen-bond donors (Lipinski definition) is 2. The average Bonchev–Trinajstić information content (AvgIpc) is 3.02. The van der Waals surface area contributed by atoms with Crippen molar-refractivity contribution in [1.29, 1.82) is 0 Å². The average molecular weight is 316 g/mol. The second kappa shape index (κ2) is 7.57. The van der Waals surface area contributed by atoms with Crippen LogP contribution < -0.4 is 15.5 Å². The summed E-state index contributed by atoms with van der Waals surface area (Å²) >= 11 is 0. The summed E-state index contributed by atoms with van der Waals surface area (Å²) in [6.45, 7) is 6.35. The molecule has 3 rings (SSSR count). The van der Waals surface area contributed by atoms with Crippen LogP contribution in [0.25, 0.3) is 0 Å². The summed E-state index contributed by atoms with van der Waals surface area (Å²) in [5, 5.41) is 6.29. The minimum absolute atomic E-state index is 0.0753. The van der Waals surface area contributed by atoms with E-state index < -0.39 is 0 Å². The van der Waals surface area contributed by atoms with Gasteiger partial charge < -0.3 is 15.5 Å². The van der Waals surface area contributed by atoms with Crippen LogP contribution in [0.2, 0.25) is 0 Å². The van der Waals surface area contributed by atoms with E-state index >= 15 is 0 Å². The van der Waals surface area contributed by atoms with E-state index in [2.05, 4.69) is 15.5 Å². The minimum atomic E-state index is -0.0753. The number of rotatable bonds is 5. The quantitative estimate of drug-likeness (QED) is 0.828. The number of nitrogens with one attached hydrogen (secondary N) is 2. The SMILES string of the molecule is O=C(NCCN1CCNCC1)c1cccc(N2CCCC2=O)c1. The molecule has 2 aliphatic heterocycles. The van der Waals surface area contributed by atoms with Crippen molar-refractivity contribution >= 4 is 17.5 Å². The molecule has 0 saturated carbocycles. The summed E-state index contributed by atoms with van der Waals surface area (Å²) in [7, 11) is 0. The largest absolute Gasteiger partial charge is 0.351 e. The Labute approximate surface area is 136 Å². The Morgan fingerprint density at radius 1 is 1.22 bits per heavy atom. The first kappa shape index (κ1) is 16.0. The van der Waals surface area contributed by atoms with Gasteiger partial charge in [-0.05, 0) is 24.6 Å². The van der Waals surface area contributed by atoms with Gasteiger partial charge in [-0.2, -0.15) is 0 Å². The first-order valence-corrected chi connectivity index (χ1v) is 8.36. The molecule has 2 amide bonds. The summed E-state index contributed by atoms with van der Waals surface area (Å²) < 4.78 is 0. The molecule has 6 heteroatoms. The zero-order chi connectivity index (χ0) is 16.1. The van der Waals surface area contributed by atoms with Crippen molar-refractivity contribution in [2.75, 3.05) is 50.7 Å². The first-order chi connectivity index (χ1) is 11.2. The molecule has 2 saturated heterocycles. The van der Waals surface area contributed by atoms with Gasteiger partial charge in [0.2, 0.25) is 5.91 Å². The second-order valence-electron chi connectivity index (χ2n) is 6.05. The van der Waals surface area contributed by atoms with Gasteiger partial charge in [-0.3, -0.25) is 14.5 Å². The van der Waals surface area contributed by atoms with Crippen LogP contribution in [-0.4, -0.2) is 62.5 Å². The van der Waals surface area contributed by atoms with E-state index in [0.29, 0.717) is 18.5 Å². The number of nitrogens with zero attached hydrogens (tertiary/aromatic N) is 2. The topological polar surface area (TPSA) is 64.7 Å². The molecule has 2 heterocycles. The molecule has 1 aromatic carbocycles. The molecule has 0 bridgehead atoms. The van der Waals surface area contributed by atoms with Crippen LogP contribution in [0.4, 0.5) is 5.69 Å². The molecule has 2 aliphatic rings. The molecule has 0 atom stereocenters. The number of carbonyl (C=O) groups excluding carboxylic acids is 2. The lowest BCUT2D eigenvalue weighted by Gasteiger charge is -2.27. The van der Waals surface area contributed by atoms with Crippen LogP contribution in [0.1, 0.15) is 23.2 Å². The van der Waals surface area contributed by atoms with Gasteiger partial charge in [0.25, 0.3) is 5.91 Å². The monoisotopic (exact) mass is 316 g/mol. The highest BCUT2D eigenvalue weighted by molar-refractivity contribution is 5.99. The van der Waals surface area contributed by atoms with E-state index in [1.807, 2.05) is 18.2 Å². The number of carbonyl (C=O) groups is 2. The lowest BCUT2D eigenvalue weighted by molar-refractivity contribution is -0.117. The number of piperazine rings is 1. The maximum atomic E-state index is 12.3. The second-order valence-corrected chi connectivity index (χ2v) is 6.05. The van der Waals surface area contributed by atoms with Crippen molar-refractivity contribution in [3.05, 3.63) is 29.8 Å². The Morgan fingerprint density at radius 3 is 2.78 bits per heavy atom.